The van der Waals surface area contributed by atoms with Crippen molar-refractivity contribution in [3.05, 3.63) is 95.6 Å². The maximum Gasteiger partial charge on any atom is 0.411 e. The van der Waals surface area contributed by atoms with Crippen LogP contribution in [-0.2, 0) is 14.3 Å². The number of nitrogens with zero attached hydrogens (tertiary/aromatic N) is 5. The number of allylic oxidation sites excluding steroid dienone is 1. The number of methoxy groups -OCH3 is 1. The maximum atomic E-state index is 13.2. The molecule has 1 atom stereocenters. The molecule has 12 nitrogen and oxygen atoms in total. The third-order valence-electron chi connectivity index (χ3n) is 6.57. The van der Waals surface area contributed by atoms with E-state index >= 15 is 0 Å². The predicted molar refractivity (Wildman–Crippen MR) is 161 cm³/mol. The average molecular weight is 599 g/mol. The van der Waals surface area contributed by atoms with Gasteiger partial charge in [-0.2, -0.15) is 4.68 Å². The molecule has 0 unspecified atom stereocenters. The standard InChI is InChI=1S/C30H27ClN8O4/c1-43-30(42)34-22-9-10-23-19-13-14-32-26(16-19)24(5-3-2-4-6-28(40)36-25(23)17-22)35-29(41)12-7-20-15-21(31)8-11-27(20)39-18-33-37-38-39/h2-3,7-18,24H,4-6H2,1H3,(H,34,42)(H,35,41)(H,36,40)/b3-2-,12-7+/t24-/m0/s1. The number of tetrazole rings is 1. The molecule has 3 amide bonds. The summed E-state index contributed by atoms with van der Waals surface area (Å²) in [5.74, 6) is -0.514. The number of aromatic nitrogens is 5. The quantitative estimate of drug-likeness (QED) is 0.212. The van der Waals surface area contributed by atoms with E-state index in [-0.39, 0.29) is 18.2 Å². The van der Waals surface area contributed by atoms with Gasteiger partial charge in [-0.25, -0.2) is 4.79 Å². The van der Waals surface area contributed by atoms with Gasteiger partial charge in [0.15, 0.2) is 0 Å². The minimum atomic E-state index is -0.623. The van der Waals surface area contributed by atoms with Crippen molar-refractivity contribution in [3.8, 4) is 16.8 Å². The zero-order chi connectivity index (χ0) is 30.2. The Balaban J connectivity index is 1.43. The Bertz CT molecular complexity index is 1700. The summed E-state index contributed by atoms with van der Waals surface area (Å²) in [5.41, 5.74) is 4.42. The van der Waals surface area contributed by atoms with Crippen molar-refractivity contribution in [3.63, 3.8) is 0 Å². The smallest absolute Gasteiger partial charge is 0.411 e. The molecule has 1 aliphatic heterocycles. The van der Waals surface area contributed by atoms with Crippen LogP contribution in [-0.4, -0.2) is 50.2 Å². The van der Waals surface area contributed by atoms with E-state index in [0.717, 1.165) is 11.1 Å². The van der Waals surface area contributed by atoms with Crippen molar-refractivity contribution in [2.45, 2.75) is 25.3 Å². The van der Waals surface area contributed by atoms with Crippen molar-refractivity contribution in [1.82, 2.24) is 30.5 Å². The van der Waals surface area contributed by atoms with Gasteiger partial charge in [-0.05, 0) is 77.4 Å². The molecular weight excluding hydrogens is 572 g/mol. The van der Waals surface area contributed by atoms with Crippen LogP contribution < -0.4 is 16.0 Å². The molecule has 3 heterocycles. The fourth-order valence-electron chi connectivity index (χ4n) is 4.51. The largest absolute Gasteiger partial charge is 0.453 e. The van der Waals surface area contributed by atoms with Gasteiger partial charge in [0.25, 0.3) is 0 Å². The zero-order valence-corrected chi connectivity index (χ0v) is 23.8. The Hall–Kier alpha value is -5.36. The number of pyridine rings is 1. The summed E-state index contributed by atoms with van der Waals surface area (Å²) in [6.45, 7) is 0. The first-order valence-corrected chi connectivity index (χ1v) is 13.7. The molecule has 2 aromatic heterocycles. The predicted octanol–water partition coefficient (Wildman–Crippen LogP) is 5.11. The monoisotopic (exact) mass is 598 g/mol. The number of fused-ring (bicyclic) bond motifs is 4. The minimum Gasteiger partial charge on any atom is -0.453 e. The summed E-state index contributed by atoms with van der Waals surface area (Å²) < 4.78 is 6.17. The number of carbonyl (C=O) groups is 3. The summed E-state index contributed by atoms with van der Waals surface area (Å²) in [7, 11) is 1.27. The van der Waals surface area contributed by atoms with Gasteiger partial charge in [0.1, 0.15) is 6.33 Å². The van der Waals surface area contributed by atoms with Crippen LogP contribution >= 0.6 is 11.6 Å². The van der Waals surface area contributed by atoms with Gasteiger partial charge in [0.05, 0.1) is 30.2 Å². The van der Waals surface area contributed by atoms with E-state index in [9.17, 15) is 14.4 Å². The lowest BCUT2D eigenvalue weighted by atomic mass is 10.0. The second-order valence-corrected chi connectivity index (χ2v) is 9.93. The molecule has 0 saturated carbocycles. The van der Waals surface area contributed by atoms with Crippen molar-refractivity contribution in [1.29, 1.82) is 0 Å². The molecule has 43 heavy (non-hydrogen) atoms. The lowest BCUT2D eigenvalue weighted by Crippen LogP contribution is -2.27. The van der Waals surface area contributed by atoms with Crippen LogP contribution in [0.5, 0.6) is 0 Å². The molecule has 0 spiro atoms. The highest BCUT2D eigenvalue weighted by molar-refractivity contribution is 6.30. The first kappa shape index (κ1) is 29.1. The van der Waals surface area contributed by atoms with E-state index < -0.39 is 12.1 Å². The Labute approximate surface area is 251 Å². The number of hydrogen-bond donors (Lipinski definition) is 3. The first-order valence-electron chi connectivity index (χ1n) is 13.3. The van der Waals surface area contributed by atoms with Gasteiger partial charge in [0.2, 0.25) is 11.8 Å². The van der Waals surface area contributed by atoms with Crippen LogP contribution in [0.1, 0.15) is 36.6 Å². The molecule has 0 aliphatic carbocycles. The normalized spacial score (nSPS) is 15.7. The van der Waals surface area contributed by atoms with Gasteiger partial charge in [-0.1, -0.05) is 29.8 Å². The van der Waals surface area contributed by atoms with Crippen LogP contribution in [0.3, 0.4) is 0 Å². The third kappa shape index (κ3) is 7.49. The second kappa shape index (κ2) is 13.5. The van der Waals surface area contributed by atoms with Gasteiger partial charge >= 0.3 is 6.09 Å². The molecule has 3 N–H and O–H groups in total. The summed E-state index contributed by atoms with van der Waals surface area (Å²) in [5, 5.41) is 20.4. The summed E-state index contributed by atoms with van der Waals surface area (Å²) in [6, 6.07) is 13.6. The fourth-order valence-corrected chi connectivity index (χ4v) is 4.69. The van der Waals surface area contributed by atoms with Gasteiger partial charge in [-0.3, -0.25) is 19.9 Å². The molecule has 13 heteroatoms. The Morgan fingerprint density at radius 3 is 2.84 bits per heavy atom. The minimum absolute atomic E-state index is 0.174. The lowest BCUT2D eigenvalue weighted by Gasteiger charge is -2.18. The Kier molecular flexibility index (Phi) is 9.17. The molecule has 0 radical (unpaired) electrons. The topological polar surface area (TPSA) is 153 Å². The number of benzene rings is 2. The highest BCUT2D eigenvalue weighted by atomic mass is 35.5. The van der Waals surface area contributed by atoms with Gasteiger partial charge in [-0.15, -0.1) is 5.10 Å². The average Bonchev–Trinajstić information content (AvgIpc) is 3.54. The van der Waals surface area contributed by atoms with Crippen molar-refractivity contribution >= 4 is 47.0 Å². The molecule has 0 saturated heterocycles. The van der Waals surface area contributed by atoms with Crippen LogP contribution in [0.25, 0.3) is 22.9 Å². The highest BCUT2D eigenvalue weighted by Crippen LogP contribution is 2.33. The molecule has 2 bridgehead atoms. The summed E-state index contributed by atoms with van der Waals surface area (Å²) in [4.78, 5) is 42.2. The SMILES string of the molecule is COC(=O)Nc1ccc2c(c1)NC(=O)CC/C=C\C[C@H](NC(=O)/C=C/c1cc(Cl)ccc1-n1cnnn1)c1cc-2ccn1. The summed E-state index contributed by atoms with van der Waals surface area (Å²) in [6.07, 6.45) is 10.6. The Morgan fingerprint density at radius 1 is 1.14 bits per heavy atom. The maximum absolute atomic E-state index is 13.2. The van der Waals surface area contributed by atoms with Crippen LogP contribution in [0.4, 0.5) is 16.2 Å². The van der Waals surface area contributed by atoms with Gasteiger partial charge in [0, 0.05) is 40.5 Å². The number of rotatable bonds is 5. The molecule has 5 rings (SSSR count). The van der Waals surface area contributed by atoms with E-state index in [1.807, 2.05) is 24.3 Å². The number of carbonyl (C=O) groups excluding carboxylic acids is 3. The molecule has 4 aromatic rings. The summed E-state index contributed by atoms with van der Waals surface area (Å²) >= 11 is 6.21. The third-order valence-corrected chi connectivity index (χ3v) is 6.80. The number of amides is 3. The number of anilines is 2. The van der Waals surface area contributed by atoms with Gasteiger partial charge < -0.3 is 15.4 Å². The molecule has 0 fully saturated rings. The molecule has 1 aliphatic rings. The van der Waals surface area contributed by atoms with E-state index in [1.54, 1.807) is 48.7 Å². The Morgan fingerprint density at radius 2 is 2.02 bits per heavy atom. The number of nitrogens with one attached hydrogen (secondary N) is 3. The number of hydrogen-bond acceptors (Lipinski definition) is 8. The van der Waals surface area contributed by atoms with Crippen molar-refractivity contribution in [2.24, 2.45) is 0 Å². The van der Waals surface area contributed by atoms with Crippen LogP contribution in [0, 0.1) is 0 Å². The second-order valence-electron chi connectivity index (χ2n) is 9.49. The lowest BCUT2D eigenvalue weighted by molar-refractivity contribution is -0.117. The van der Waals surface area contributed by atoms with E-state index in [1.165, 1.54) is 24.2 Å². The van der Waals surface area contributed by atoms with E-state index in [4.69, 9.17) is 11.6 Å². The number of ether oxygens (including phenoxy) is 1. The highest BCUT2D eigenvalue weighted by Gasteiger charge is 2.18. The van der Waals surface area contributed by atoms with Crippen LogP contribution in [0.2, 0.25) is 5.02 Å². The molecular formula is C30H27ClN8O4. The molecule has 218 valence electrons. The zero-order valence-electron chi connectivity index (χ0n) is 23.0. The molecule has 2 aromatic carbocycles. The van der Waals surface area contributed by atoms with E-state index in [2.05, 4.69) is 41.2 Å². The van der Waals surface area contributed by atoms with E-state index in [0.29, 0.717) is 46.2 Å². The number of halogens is 1. The van der Waals surface area contributed by atoms with Crippen LogP contribution in [0.15, 0.2) is 79.3 Å². The fraction of sp³-hybridized carbons (Fsp3) is 0.167. The first-order chi connectivity index (χ1) is 20.9. The van der Waals surface area contributed by atoms with Crippen molar-refractivity contribution in [2.75, 3.05) is 17.7 Å². The van der Waals surface area contributed by atoms with Crippen molar-refractivity contribution < 1.29 is 19.1 Å².